The lowest BCUT2D eigenvalue weighted by molar-refractivity contribution is 0.0698. The van der Waals surface area contributed by atoms with Gasteiger partial charge in [0.05, 0.1) is 11.6 Å². The number of anilines is 1. The van der Waals surface area contributed by atoms with Gasteiger partial charge in [0.1, 0.15) is 11.5 Å². The van der Waals surface area contributed by atoms with Crippen molar-refractivity contribution in [3.63, 3.8) is 0 Å². The lowest BCUT2D eigenvalue weighted by atomic mass is 9.89. The fourth-order valence-corrected chi connectivity index (χ4v) is 4.33. The Morgan fingerprint density at radius 3 is 2.66 bits per heavy atom. The molecule has 180 valence electrons. The second-order valence-electron chi connectivity index (χ2n) is 8.75. The lowest BCUT2D eigenvalue weighted by Gasteiger charge is -2.29. The largest absolute Gasteiger partial charge is 0.478 e. The van der Waals surface area contributed by atoms with E-state index in [-0.39, 0.29) is 23.6 Å². The van der Waals surface area contributed by atoms with Gasteiger partial charge in [-0.2, -0.15) is 0 Å². The highest BCUT2D eigenvalue weighted by molar-refractivity contribution is 5.94. The predicted octanol–water partition coefficient (Wildman–Crippen LogP) is 7.62. The van der Waals surface area contributed by atoms with E-state index in [2.05, 4.69) is 11.9 Å². The summed E-state index contributed by atoms with van der Waals surface area (Å²) in [6.07, 6.45) is 4.19. The van der Waals surface area contributed by atoms with Gasteiger partial charge in [-0.05, 0) is 67.7 Å². The van der Waals surface area contributed by atoms with Gasteiger partial charge in [-0.15, -0.1) is 0 Å². The maximum absolute atomic E-state index is 13.2. The zero-order valence-electron chi connectivity index (χ0n) is 19.9. The molecule has 0 saturated carbocycles. The number of para-hydroxylation sites is 1. The first-order valence-corrected chi connectivity index (χ1v) is 11.3. The number of nitrogens with one attached hydrogen (secondary N) is 1. The minimum Gasteiger partial charge on any atom is -0.478 e. The molecule has 2 aromatic carbocycles. The normalized spacial score (nSPS) is 16.2. The summed E-state index contributed by atoms with van der Waals surface area (Å²) >= 11 is 0. The number of alkyl halides is 2. The third kappa shape index (κ3) is 4.83. The maximum atomic E-state index is 13.2. The van der Waals surface area contributed by atoms with Crippen LogP contribution in [-0.4, -0.2) is 17.5 Å². The third-order valence-electron chi connectivity index (χ3n) is 6.27. The molecule has 1 unspecified atom stereocenters. The van der Waals surface area contributed by atoms with Crippen LogP contribution in [0.25, 0.3) is 5.57 Å². The van der Waals surface area contributed by atoms with Crippen LogP contribution in [0.3, 0.4) is 0 Å². The number of rotatable bonds is 6. The molecule has 2 N–H and O–H groups in total. The van der Waals surface area contributed by atoms with Crippen molar-refractivity contribution in [3.05, 3.63) is 112 Å². The average Bonchev–Trinajstić information content (AvgIpc) is 3.08. The number of aryl methyl sites for hydroxylation is 1. The second-order valence-corrected chi connectivity index (χ2v) is 8.75. The Bertz CT molecular complexity index is 1330. The molecule has 0 amide bonds. The van der Waals surface area contributed by atoms with Gasteiger partial charge in [0, 0.05) is 22.4 Å². The number of carboxylic acid groups (broad SMARTS) is 1. The topological polar surface area (TPSA) is 58.6 Å². The second kappa shape index (κ2) is 9.74. The summed E-state index contributed by atoms with van der Waals surface area (Å²) < 4.78 is 32.9. The summed E-state index contributed by atoms with van der Waals surface area (Å²) in [5, 5.41) is 12.9. The van der Waals surface area contributed by atoms with Crippen molar-refractivity contribution in [2.24, 2.45) is 0 Å². The van der Waals surface area contributed by atoms with Gasteiger partial charge in [0.2, 0.25) is 0 Å². The highest BCUT2D eigenvalue weighted by Gasteiger charge is 2.28. The fourth-order valence-electron chi connectivity index (χ4n) is 4.33. The Morgan fingerprint density at radius 1 is 1.20 bits per heavy atom. The van der Waals surface area contributed by atoms with Crippen molar-refractivity contribution in [3.8, 4) is 5.75 Å². The van der Waals surface area contributed by atoms with Gasteiger partial charge in [-0.1, -0.05) is 49.1 Å². The zero-order chi connectivity index (χ0) is 25.3. The van der Waals surface area contributed by atoms with E-state index >= 15 is 0 Å². The Kier molecular flexibility index (Phi) is 6.74. The average molecular weight is 476 g/mol. The van der Waals surface area contributed by atoms with E-state index < -0.39 is 12.4 Å². The van der Waals surface area contributed by atoms with Crippen LogP contribution < -0.4 is 10.1 Å². The van der Waals surface area contributed by atoms with E-state index in [1.165, 1.54) is 6.08 Å². The molecule has 1 aliphatic carbocycles. The van der Waals surface area contributed by atoms with Crippen molar-refractivity contribution in [2.45, 2.75) is 39.7 Å². The van der Waals surface area contributed by atoms with Crippen LogP contribution in [-0.2, 0) is 0 Å². The molecular formula is C29H27F2NO3. The van der Waals surface area contributed by atoms with Crippen LogP contribution in [0.4, 0.5) is 14.5 Å². The van der Waals surface area contributed by atoms with Gasteiger partial charge in [0.25, 0.3) is 6.43 Å². The van der Waals surface area contributed by atoms with Crippen molar-refractivity contribution in [2.75, 3.05) is 5.32 Å². The predicted molar refractivity (Wildman–Crippen MR) is 135 cm³/mol. The van der Waals surface area contributed by atoms with Crippen molar-refractivity contribution in [1.82, 2.24) is 0 Å². The Morgan fingerprint density at radius 2 is 1.94 bits per heavy atom. The van der Waals surface area contributed by atoms with Crippen LogP contribution in [0, 0.1) is 6.92 Å². The van der Waals surface area contributed by atoms with Crippen LogP contribution in [0.2, 0.25) is 0 Å². The molecule has 2 aliphatic rings. The number of allylic oxidation sites excluding steroid dienone is 7. The number of carbonyl (C=O) groups is 1. The molecule has 0 aromatic heterocycles. The number of hydrogen-bond acceptors (Lipinski definition) is 3. The number of carboxylic acids is 1. The smallest absolute Gasteiger partial charge is 0.337 e. The van der Waals surface area contributed by atoms with Crippen molar-refractivity contribution in [1.29, 1.82) is 0 Å². The monoisotopic (exact) mass is 475 g/mol. The molecule has 0 bridgehead atoms. The molecular weight excluding hydrogens is 448 g/mol. The van der Waals surface area contributed by atoms with E-state index in [4.69, 9.17) is 4.74 Å². The van der Waals surface area contributed by atoms with E-state index in [1.54, 1.807) is 42.5 Å². The fraction of sp³-hybridized carbons (Fsp3) is 0.207. The molecule has 0 spiro atoms. The van der Waals surface area contributed by atoms with Gasteiger partial charge in [-0.25, -0.2) is 13.6 Å². The Hall–Kier alpha value is -3.93. The van der Waals surface area contributed by atoms with Gasteiger partial charge in [-0.3, -0.25) is 0 Å². The maximum Gasteiger partial charge on any atom is 0.337 e. The minimum absolute atomic E-state index is 0.0516. The number of benzene rings is 2. The van der Waals surface area contributed by atoms with Crippen molar-refractivity contribution < 1.29 is 23.4 Å². The molecule has 1 aliphatic heterocycles. The summed E-state index contributed by atoms with van der Waals surface area (Å²) in [4.78, 5) is 11.7. The van der Waals surface area contributed by atoms with E-state index in [0.717, 1.165) is 27.8 Å². The molecule has 1 heterocycles. The highest BCUT2D eigenvalue weighted by atomic mass is 19.3. The van der Waals surface area contributed by atoms with Gasteiger partial charge in [0.15, 0.2) is 0 Å². The first kappa shape index (κ1) is 24.2. The molecule has 1 atom stereocenters. The number of ether oxygens (including phenoxy) is 1. The van der Waals surface area contributed by atoms with E-state index in [9.17, 15) is 18.7 Å². The highest BCUT2D eigenvalue weighted by Crippen LogP contribution is 2.45. The number of fused-ring (bicyclic) bond motifs is 1. The third-order valence-corrected chi connectivity index (χ3v) is 6.27. The van der Waals surface area contributed by atoms with Gasteiger partial charge >= 0.3 is 5.97 Å². The summed E-state index contributed by atoms with van der Waals surface area (Å²) in [7, 11) is 0. The lowest BCUT2D eigenvalue weighted by Crippen LogP contribution is -2.16. The number of halogens is 2. The molecule has 0 radical (unpaired) electrons. The number of aromatic carboxylic acids is 1. The first-order chi connectivity index (χ1) is 16.7. The summed E-state index contributed by atoms with van der Waals surface area (Å²) in [6, 6.07) is 10.5. The Balaban J connectivity index is 1.72. The molecule has 0 saturated heterocycles. The van der Waals surface area contributed by atoms with Crippen molar-refractivity contribution >= 4 is 17.2 Å². The molecule has 35 heavy (non-hydrogen) atoms. The Labute approximate surface area is 203 Å². The summed E-state index contributed by atoms with van der Waals surface area (Å²) in [6.45, 7) is 10.1. The SMILES string of the molecule is C=C1C(C)=C(C2=CCC(C(F)F)=CC=C2)Oc2c1cc(C)cc2C(C)Nc1ccccc1C(=O)O. The van der Waals surface area contributed by atoms with Crippen LogP contribution in [0.1, 0.15) is 53.4 Å². The van der Waals surface area contributed by atoms with E-state index in [1.807, 2.05) is 32.9 Å². The quantitative estimate of drug-likeness (QED) is 0.451. The molecule has 4 rings (SSSR count). The number of hydrogen-bond donors (Lipinski definition) is 2. The molecule has 6 heteroatoms. The molecule has 0 fully saturated rings. The standard InChI is InChI=1S/C29H27F2NO3/c1-16-14-23-17(2)18(3)26(20-8-7-9-21(13-12-20)28(30)31)35-27(23)24(15-16)19(4)32-25-11-6-5-10-22(25)29(33)34/h5-12,14-15,19,28,32H,2,13H2,1,3-4H3,(H,33,34). The molecule has 2 aromatic rings. The van der Waals surface area contributed by atoms with Crippen LogP contribution in [0.5, 0.6) is 5.75 Å². The van der Waals surface area contributed by atoms with Gasteiger partial charge < -0.3 is 15.2 Å². The van der Waals surface area contributed by atoms with Crippen LogP contribution >= 0.6 is 0 Å². The minimum atomic E-state index is -2.51. The van der Waals surface area contributed by atoms with E-state index in [0.29, 0.717) is 22.8 Å². The molecule has 4 nitrogen and oxygen atoms in total. The summed E-state index contributed by atoms with van der Waals surface area (Å²) in [5.74, 6) is 0.182. The zero-order valence-corrected chi connectivity index (χ0v) is 19.9. The van der Waals surface area contributed by atoms with Crippen LogP contribution in [0.15, 0.2) is 89.8 Å². The first-order valence-electron chi connectivity index (χ1n) is 11.3. The summed E-state index contributed by atoms with van der Waals surface area (Å²) in [5.41, 5.74) is 5.79.